The molecule has 1 N–H and O–H groups in total. The van der Waals surface area contributed by atoms with Crippen molar-refractivity contribution in [3.63, 3.8) is 0 Å². The molecule has 0 spiro atoms. The first-order chi connectivity index (χ1) is 15.2. The molecule has 5 aromatic rings. The van der Waals surface area contributed by atoms with E-state index in [0.717, 1.165) is 43.9 Å². The Bertz CT molecular complexity index is 1430. The molecule has 159 valence electrons. The third-order valence-electron chi connectivity index (χ3n) is 6.53. The van der Waals surface area contributed by atoms with Crippen LogP contribution in [0.3, 0.4) is 0 Å². The smallest absolute Gasteiger partial charge is 0.331 e. The van der Waals surface area contributed by atoms with Crippen LogP contribution in [0, 0.1) is 0 Å². The maximum atomic E-state index is 10.6. The van der Waals surface area contributed by atoms with Gasteiger partial charge in [0.15, 0.2) is 0 Å². The monoisotopic (exact) mass is 421 g/mol. The zero-order valence-corrected chi connectivity index (χ0v) is 18.8. The van der Waals surface area contributed by atoms with E-state index in [-0.39, 0.29) is 0 Å². The summed E-state index contributed by atoms with van der Waals surface area (Å²) in [6.07, 6.45) is 0. The van der Waals surface area contributed by atoms with Gasteiger partial charge in [0, 0.05) is 10.8 Å². The normalized spacial score (nSPS) is 12.7. The molecule has 0 saturated carbocycles. The third kappa shape index (κ3) is 3.60. The summed E-state index contributed by atoms with van der Waals surface area (Å²) in [6, 6.07) is 27.0. The summed E-state index contributed by atoms with van der Waals surface area (Å²) in [6.45, 7) is 7.30. The molecule has 1 heterocycles. The van der Waals surface area contributed by atoms with Crippen LogP contribution in [0.1, 0.15) is 27.7 Å². The number of hydrogen-bond donors (Lipinski definition) is 1. The minimum atomic E-state index is -1.01. The first-order valence-electron chi connectivity index (χ1n) is 10.9. The number of furan rings is 1. The zero-order valence-electron chi connectivity index (χ0n) is 18.8. The van der Waals surface area contributed by atoms with E-state index in [0.29, 0.717) is 0 Å². The summed E-state index contributed by atoms with van der Waals surface area (Å²) >= 11 is 0. The van der Waals surface area contributed by atoms with Gasteiger partial charge in [0.1, 0.15) is 11.2 Å². The van der Waals surface area contributed by atoms with Gasteiger partial charge in [0.2, 0.25) is 0 Å². The highest BCUT2D eigenvalue weighted by molar-refractivity contribution is 6.53. The first-order valence-corrected chi connectivity index (χ1v) is 10.9. The Hall–Kier alpha value is -3.08. The summed E-state index contributed by atoms with van der Waals surface area (Å²) in [7, 11) is 1.76. The number of rotatable bonds is 5. The van der Waals surface area contributed by atoms with Crippen molar-refractivity contribution in [3.05, 3.63) is 78.9 Å². The first kappa shape index (κ1) is 20.8. The van der Waals surface area contributed by atoms with Gasteiger partial charge >= 0.3 is 7.48 Å². The average molecular weight is 421 g/mol. The van der Waals surface area contributed by atoms with E-state index >= 15 is 0 Å². The van der Waals surface area contributed by atoms with Gasteiger partial charge in [-0.05, 0) is 73.3 Å². The molecule has 1 aromatic heterocycles. The molecule has 0 atom stereocenters. The molecule has 4 heteroatoms. The Kier molecular flexibility index (Phi) is 4.88. The fourth-order valence-corrected chi connectivity index (χ4v) is 3.87. The van der Waals surface area contributed by atoms with Crippen LogP contribution < -0.4 is 5.46 Å². The molecule has 1 radical (unpaired) electrons. The standard InChI is InChI=1S/C28H26BO3/c1-27(2,30)28(3,4)32-29-23-15-21(18-10-6-5-7-11-18)17-25-26(23)22-14-19-12-8-9-13-20(19)16-24(22)31-25/h5-17,30H,1-4H3. The second kappa shape index (κ2) is 7.51. The molecule has 5 rings (SSSR count). The van der Waals surface area contributed by atoms with Crippen LogP contribution in [-0.4, -0.2) is 23.8 Å². The predicted octanol–water partition coefficient (Wildman–Crippen LogP) is 6.22. The van der Waals surface area contributed by atoms with Crippen molar-refractivity contribution in [2.24, 2.45) is 0 Å². The Balaban J connectivity index is 1.73. The summed E-state index contributed by atoms with van der Waals surface area (Å²) in [5, 5.41) is 14.9. The minimum Gasteiger partial charge on any atom is -0.456 e. The number of fused-ring (bicyclic) bond motifs is 4. The topological polar surface area (TPSA) is 42.6 Å². The van der Waals surface area contributed by atoms with E-state index in [4.69, 9.17) is 9.07 Å². The van der Waals surface area contributed by atoms with Crippen LogP contribution in [-0.2, 0) is 4.65 Å². The summed E-state index contributed by atoms with van der Waals surface area (Å²) in [5.41, 5.74) is 2.97. The maximum Gasteiger partial charge on any atom is 0.331 e. The molecule has 0 unspecified atom stereocenters. The van der Waals surface area contributed by atoms with Crippen molar-refractivity contribution in [2.45, 2.75) is 38.9 Å². The van der Waals surface area contributed by atoms with Gasteiger partial charge in [-0.3, -0.25) is 0 Å². The van der Waals surface area contributed by atoms with Crippen LogP contribution in [0.4, 0.5) is 0 Å². The summed E-state index contributed by atoms with van der Waals surface area (Å²) in [4.78, 5) is 0. The van der Waals surface area contributed by atoms with Gasteiger partial charge in [-0.25, -0.2) is 0 Å². The molecule has 0 aliphatic carbocycles. The van der Waals surface area contributed by atoms with Crippen molar-refractivity contribution >= 4 is 45.7 Å². The van der Waals surface area contributed by atoms with Crippen molar-refractivity contribution in [3.8, 4) is 11.1 Å². The lowest BCUT2D eigenvalue weighted by Crippen LogP contribution is -2.49. The molecule has 0 saturated heterocycles. The highest BCUT2D eigenvalue weighted by atomic mass is 16.5. The molecule has 0 fully saturated rings. The predicted molar refractivity (Wildman–Crippen MR) is 134 cm³/mol. The molecule has 0 bridgehead atoms. The van der Waals surface area contributed by atoms with Crippen LogP contribution in [0.2, 0.25) is 0 Å². The summed E-state index contributed by atoms with van der Waals surface area (Å²) in [5.74, 6) is 0. The second-order valence-corrected chi connectivity index (χ2v) is 9.41. The van der Waals surface area contributed by atoms with Gasteiger partial charge in [0.05, 0.1) is 11.2 Å². The summed E-state index contributed by atoms with van der Waals surface area (Å²) < 4.78 is 12.5. The molecule has 4 aromatic carbocycles. The average Bonchev–Trinajstić information content (AvgIpc) is 3.13. The van der Waals surface area contributed by atoms with Crippen LogP contribution >= 0.6 is 0 Å². The zero-order chi connectivity index (χ0) is 22.5. The number of hydrogen-bond acceptors (Lipinski definition) is 3. The SMILES string of the molecule is CC(C)(O)C(C)(C)O[B]c1cc(-c2ccccc2)cc2oc3cc4ccccc4cc3c12. The Labute approximate surface area is 188 Å². The van der Waals surface area contributed by atoms with Crippen molar-refractivity contribution in [2.75, 3.05) is 0 Å². The van der Waals surface area contributed by atoms with Crippen LogP contribution in [0.25, 0.3) is 43.8 Å². The van der Waals surface area contributed by atoms with E-state index in [1.165, 1.54) is 5.39 Å². The van der Waals surface area contributed by atoms with E-state index in [2.05, 4.69) is 48.5 Å². The van der Waals surface area contributed by atoms with Gasteiger partial charge in [0.25, 0.3) is 0 Å². The highest BCUT2D eigenvalue weighted by Crippen LogP contribution is 2.34. The Morgan fingerprint density at radius 3 is 2.09 bits per heavy atom. The highest BCUT2D eigenvalue weighted by Gasteiger charge is 2.36. The molecule has 0 aliphatic rings. The third-order valence-corrected chi connectivity index (χ3v) is 6.53. The number of aliphatic hydroxyl groups is 1. The van der Waals surface area contributed by atoms with Crippen LogP contribution in [0.15, 0.2) is 83.3 Å². The molecule has 0 amide bonds. The fraction of sp³-hybridized carbons (Fsp3) is 0.214. The van der Waals surface area contributed by atoms with Crippen molar-refractivity contribution in [1.29, 1.82) is 0 Å². The van der Waals surface area contributed by atoms with E-state index in [1.807, 2.05) is 44.2 Å². The minimum absolute atomic E-state index is 0.770. The second-order valence-electron chi connectivity index (χ2n) is 9.41. The van der Waals surface area contributed by atoms with Crippen molar-refractivity contribution in [1.82, 2.24) is 0 Å². The largest absolute Gasteiger partial charge is 0.456 e. The lowest BCUT2D eigenvalue weighted by Gasteiger charge is -2.37. The maximum absolute atomic E-state index is 10.6. The lowest BCUT2D eigenvalue weighted by atomic mass is 9.79. The number of benzene rings is 4. The van der Waals surface area contributed by atoms with Crippen molar-refractivity contribution < 1.29 is 14.2 Å². The molecule has 3 nitrogen and oxygen atoms in total. The van der Waals surface area contributed by atoms with Crippen LogP contribution in [0.5, 0.6) is 0 Å². The van der Waals surface area contributed by atoms with Gasteiger partial charge in [-0.15, -0.1) is 0 Å². The quantitative estimate of drug-likeness (QED) is 0.343. The van der Waals surface area contributed by atoms with E-state index in [1.54, 1.807) is 21.3 Å². The molecular formula is C28H26BO3. The Morgan fingerprint density at radius 1 is 0.750 bits per heavy atom. The van der Waals surface area contributed by atoms with E-state index in [9.17, 15) is 5.11 Å². The molecule has 32 heavy (non-hydrogen) atoms. The van der Waals surface area contributed by atoms with E-state index < -0.39 is 11.2 Å². The fourth-order valence-electron chi connectivity index (χ4n) is 3.87. The van der Waals surface area contributed by atoms with Gasteiger partial charge in [-0.2, -0.15) is 0 Å². The van der Waals surface area contributed by atoms with Gasteiger partial charge < -0.3 is 14.2 Å². The molecule has 0 aliphatic heterocycles. The lowest BCUT2D eigenvalue weighted by molar-refractivity contribution is -0.0893. The molecular weight excluding hydrogens is 395 g/mol. The Morgan fingerprint density at radius 2 is 1.41 bits per heavy atom. The van der Waals surface area contributed by atoms with Gasteiger partial charge in [-0.1, -0.05) is 60.7 Å².